The smallest absolute Gasteiger partial charge is 0.191 e. The van der Waals surface area contributed by atoms with Gasteiger partial charge in [-0.2, -0.15) is 0 Å². The van der Waals surface area contributed by atoms with Crippen LogP contribution >= 0.6 is 0 Å². The summed E-state index contributed by atoms with van der Waals surface area (Å²) in [4.78, 5) is 11.6. The molecule has 0 aliphatic carbocycles. The SMILES string of the molecule is CCNC(=NCc1cccnc1N1CCOCC1)NCCCOCCOC. The number of pyridine rings is 1. The number of nitrogens with one attached hydrogen (secondary N) is 2. The molecule has 27 heavy (non-hydrogen) atoms. The van der Waals surface area contributed by atoms with Crippen molar-refractivity contribution in [3.63, 3.8) is 0 Å². The Hall–Kier alpha value is -1.90. The van der Waals surface area contributed by atoms with Crippen LogP contribution in [0.3, 0.4) is 0 Å². The van der Waals surface area contributed by atoms with Gasteiger partial charge in [0.2, 0.25) is 0 Å². The van der Waals surface area contributed by atoms with Gasteiger partial charge in [-0.1, -0.05) is 6.07 Å². The summed E-state index contributed by atoms with van der Waals surface area (Å²) in [6, 6.07) is 4.06. The van der Waals surface area contributed by atoms with Crippen molar-refractivity contribution in [1.82, 2.24) is 15.6 Å². The Morgan fingerprint density at radius 2 is 2.11 bits per heavy atom. The van der Waals surface area contributed by atoms with E-state index in [9.17, 15) is 0 Å². The Morgan fingerprint density at radius 1 is 1.26 bits per heavy atom. The summed E-state index contributed by atoms with van der Waals surface area (Å²) in [6.07, 6.45) is 2.76. The lowest BCUT2D eigenvalue weighted by Gasteiger charge is -2.29. The number of morpholine rings is 1. The monoisotopic (exact) mass is 379 g/mol. The number of guanidine groups is 1. The maximum absolute atomic E-state index is 5.48. The number of hydrogen-bond donors (Lipinski definition) is 2. The molecule has 0 saturated carbocycles. The summed E-state index contributed by atoms with van der Waals surface area (Å²) in [5.74, 6) is 1.82. The standard InChI is InChI=1S/C19H33N5O3/c1-3-20-19(22-8-5-11-26-15-14-25-2)23-16-17-6-4-7-21-18(17)24-9-12-27-13-10-24/h4,6-7H,3,5,8-16H2,1-2H3,(H2,20,22,23). The van der Waals surface area contributed by atoms with Crippen LogP contribution in [0.15, 0.2) is 23.3 Å². The van der Waals surface area contributed by atoms with E-state index < -0.39 is 0 Å². The average Bonchev–Trinajstić information content (AvgIpc) is 2.72. The molecular formula is C19H33N5O3. The van der Waals surface area contributed by atoms with Crippen molar-refractivity contribution in [2.45, 2.75) is 19.9 Å². The molecule has 1 aromatic rings. The number of nitrogens with zero attached hydrogens (tertiary/aromatic N) is 3. The molecule has 152 valence electrons. The van der Waals surface area contributed by atoms with Crippen LogP contribution in [-0.4, -0.2) is 77.3 Å². The molecule has 0 bridgehead atoms. The highest BCUT2D eigenvalue weighted by Gasteiger charge is 2.15. The van der Waals surface area contributed by atoms with E-state index in [4.69, 9.17) is 19.2 Å². The van der Waals surface area contributed by atoms with E-state index in [1.165, 1.54) is 0 Å². The number of anilines is 1. The van der Waals surface area contributed by atoms with Crippen LogP contribution in [0, 0.1) is 0 Å². The highest BCUT2D eigenvalue weighted by Crippen LogP contribution is 2.19. The molecule has 1 aliphatic heterocycles. The van der Waals surface area contributed by atoms with Crippen LogP contribution in [0.4, 0.5) is 5.82 Å². The average molecular weight is 380 g/mol. The Morgan fingerprint density at radius 3 is 2.89 bits per heavy atom. The van der Waals surface area contributed by atoms with Crippen LogP contribution in [0.25, 0.3) is 0 Å². The Balaban J connectivity index is 1.85. The first-order valence-corrected chi connectivity index (χ1v) is 9.70. The molecule has 1 aromatic heterocycles. The predicted molar refractivity (Wildman–Crippen MR) is 107 cm³/mol. The maximum atomic E-state index is 5.48. The molecule has 2 rings (SSSR count). The van der Waals surface area contributed by atoms with Gasteiger partial charge in [0.15, 0.2) is 5.96 Å². The van der Waals surface area contributed by atoms with Gasteiger partial charge in [-0.05, 0) is 19.4 Å². The number of ether oxygens (including phenoxy) is 3. The van der Waals surface area contributed by atoms with E-state index in [1.807, 2.05) is 12.3 Å². The number of methoxy groups -OCH3 is 1. The van der Waals surface area contributed by atoms with Crippen LogP contribution < -0.4 is 15.5 Å². The molecule has 0 amide bonds. The topological polar surface area (TPSA) is 80.2 Å². The van der Waals surface area contributed by atoms with E-state index in [0.29, 0.717) is 26.4 Å². The lowest BCUT2D eigenvalue weighted by Crippen LogP contribution is -2.38. The third kappa shape index (κ3) is 8.11. The van der Waals surface area contributed by atoms with Crippen molar-refractivity contribution >= 4 is 11.8 Å². The molecule has 2 N–H and O–H groups in total. The van der Waals surface area contributed by atoms with Gasteiger partial charge in [-0.3, -0.25) is 0 Å². The van der Waals surface area contributed by atoms with Gasteiger partial charge >= 0.3 is 0 Å². The van der Waals surface area contributed by atoms with Crippen molar-refractivity contribution in [2.75, 3.05) is 71.2 Å². The molecule has 0 radical (unpaired) electrons. The first-order chi connectivity index (χ1) is 13.3. The largest absolute Gasteiger partial charge is 0.382 e. The summed E-state index contributed by atoms with van der Waals surface area (Å²) in [5, 5.41) is 6.64. The van der Waals surface area contributed by atoms with Gasteiger partial charge in [0.25, 0.3) is 0 Å². The Kier molecular flexibility index (Phi) is 10.5. The maximum Gasteiger partial charge on any atom is 0.191 e. The molecule has 8 nitrogen and oxygen atoms in total. The van der Waals surface area contributed by atoms with Crippen LogP contribution in [0.1, 0.15) is 18.9 Å². The van der Waals surface area contributed by atoms with E-state index in [0.717, 1.165) is 63.2 Å². The van der Waals surface area contributed by atoms with Crippen LogP contribution in [0.5, 0.6) is 0 Å². The van der Waals surface area contributed by atoms with Crippen LogP contribution in [0.2, 0.25) is 0 Å². The number of rotatable bonds is 11. The lowest BCUT2D eigenvalue weighted by atomic mass is 10.2. The molecule has 1 fully saturated rings. The zero-order chi connectivity index (χ0) is 19.2. The third-order valence-electron chi connectivity index (χ3n) is 4.12. The third-order valence-corrected chi connectivity index (χ3v) is 4.12. The molecule has 0 atom stereocenters. The second-order valence-corrected chi connectivity index (χ2v) is 6.17. The summed E-state index contributed by atoms with van der Waals surface area (Å²) >= 11 is 0. The summed E-state index contributed by atoms with van der Waals surface area (Å²) in [6.45, 7) is 9.48. The molecule has 0 aromatic carbocycles. The Bertz CT molecular complexity index is 550. The van der Waals surface area contributed by atoms with E-state index in [1.54, 1.807) is 7.11 Å². The molecule has 1 aliphatic rings. The second kappa shape index (κ2) is 13.3. The van der Waals surface area contributed by atoms with E-state index >= 15 is 0 Å². The van der Waals surface area contributed by atoms with E-state index in [-0.39, 0.29) is 0 Å². The van der Waals surface area contributed by atoms with Gasteiger partial charge in [0, 0.05) is 51.7 Å². The van der Waals surface area contributed by atoms with Gasteiger partial charge in [-0.15, -0.1) is 0 Å². The summed E-state index contributed by atoms with van der Waals surface area (Å²) < 4.78 is 15.9. The van der Waals surface area contributed by atoms with Crippen molar-refractivity contribution in [3.05, 3.63) is 23.9 Å². The summed E-state index contributed by atoms with van der Waals surface area (Å²) in [7, 11) is 1.68. The van der Waals surface area contributed by atoms with Gasteiger partial charge in [0.1, 0.15) is 5.82 Å². The first kappa shape index (κ1) is 21.4. The van der Waals surface area contributed by atoms with Gasteiger partial charge < -0.3 is 29.7 Å². The normalized spacial score (nSPS) is 15.0. The number of aromatic nitrogens is 1. The fraction of sp³-hybridized carbons (Fsp3) is 0.684. The van der Waals surface area contributed by atoms with Crippen molar-refractivity contribution in [1.29, 1.82) is 0 Å². The first-order valence-electron chi connectivity index (χ1n) is 9.70. The fourth-order valence-corrected chi connectivity index (χ4v) is 2.74. The molecule has 8 heteroatoms. The van der Waals surface area contributed by atoms with Crippen LogP contribution in [-0.2, 0) is 20.8 Å². The van der Waals surface area contributed by atoms with Crippen molar-refractivity contribution in [2.24, 2.45) is 4.99 Å². The fourth-order valence-electron chi connectivity index (χ4n) is 2.74. The molecule has 2 heterocycles. The lowest BCUT2D eigenvalue weighted by molar-refractivity contribution is 0.0698. The number of hydrogen-bond acceptors (Lipinski definition) is 6. The van der Waals surface area contributed by atoms with Gasteiger partial charge in [-0.25, -0.2) is 9.98 Å². The zero-order valence-corrected chi connectivity index (χ0v) is 16.6. The van der Waals surface area contributed by atoms with Gasteiger partial charge in [0.05, 0.1) is 33.0 Å². The molecule has 0 spiro atoms. The van der Waals surface area contributed by atoms with E-state index in [2.05, 4.69) is 33.5 Å². The highest BCUT2D eigenvalue weighted by molar-refractivity contribution is 5.79. The zero-order valence-electron chi connectivity index (χ0n) is 16.6. The molecule has 1 saturated heterocycles. The second-order valence-electron chi connectivity index (χ2n) is 6.17. The molecular weight excluding hydrogens is 346 g/mol. The summed E-state index contributed by atoms with van der Waals surface area (Å²) in [5.41, 5.74) is 1.12. The quantitative estimate of drug-likeness (QED) is 0.338. The van der Waals surface area contributed by atoms with Crippen molar-refractivity contribution in [3.8, 4) is 0 Å². The minimum absolute atomic E-state index is 0.584. The Labute approximate surface area is 162 Å². The predicted octanol–water partition coefficient (Wildman–Crippen LogP) is 1.03. The highest BCUT2D eigenvalue weighted by atomic mass is 16.5. The minimum atomic E-state index is 0.584. The minimum Gasteiger partial charge on any atom is -0.382 e. The molecule has 0 unspecified atom stereocenters. The van der Waals surface area contributed by atoms with Crippen molar-refractivity contribution < 1.29 is 14.2 Å². The number of aliphatic imine (C=N–C) groups is 1.